The van der Waals surface area contributed by atoms with Gasteiger partial charge >= 0.3 is 0 Å². The van der Waals surface area contributed by atoms with Gasteiger partial charge in [0, 0.05) is 53.3 Å². The number of aryl methyl sites for hydroxylation is 2. The number of fused-ring (bicyclic) bond motifs is 2. The third-order valence-electron chi connectivity index (χ3n) is 7.00. The second-order valence-electron chi connectivity index (χ2n) is 11.1. The quantitative estimate of drug-likeness (QED) is 0.108. The van der Waals surface area contributed by atoms with Crippen LogP contribution in [-0.2, 0) is 0 Å². The van der Waals surface area contributed by atoms with E-state index in [4.69, 9.17) is 9.47 Å². The Labute approximate surface area is 248 Å². The molecule has 4 rings (SSSR count). The molecule has 0 radical (unpaired) electrons. The Morgan fingerprint density at radius 3 is 1.80 bits per heavy atom. The van der Waals surface area contributed by atoms with Crippen molar-refractivity contribution in [1.29, 1.82) is 0 Å². The molecule has 41 heavy (non-hydrogen) atoms. The Balaban J connectivity index is 0.000000226. The largest absolute Gasteiger partial charge is 0.490 e. The van der Waals surface area contributed by atoms with Gasteiger partial charge in [-0.2, -0.15) is 0 Å². The van der Waals surface area contributed by atoms with E-state index >= 15 is 0 Å². The van der Waals surface area contributed by atoms with Crippen LogP contribution < -0.4 is 20.1 Å². The number of rotatable bonds is 14. The second-order valence-corrected chi connectivity index (χ2v) is 12.6. The number of H-pyrrole nitrogens is 2. The maximum Gasteiger partial charge on any atom is 0.129 e. The molecule has 0 spiro atoms. The topological polar surface area (TPSA) is 115 Å². The SMILES string of the molecule is CCC(C)NCC(O)COc1cc(C)cc2[nH]ccc12.CSC(C)(C)NCC(O)COc1cc(C)cc2[nH]ccc12. The van der Waals surface area contributed by atoms with Gasteiger partial charge in [-0.1, -0.05) is 6.92 Å². The molecule has 2 aromatic carbocycles. The fourth-order valence-corrected chi connectivity index (χ4v) is 4.41. The van der Waals surface area contributed by atoms with Crippen molar-refractivity contribution in [3.05, 3.63) is 59.9 Å². The van der Waals surface area contributed by atoms with Gasteiger partial charge in [0.05, 0.1) is 4.87 Å². The summed E-state index contributed by atoms with van der Waals surface area (Å²) in [5.41, 5.74) is 4.40. The predicted octanol–water partition coefficient (Wildman–Crippen LogP) is 5.51. The summed E-state index contributed by atoms with van der Waals surface area (Å²) in [6.07, 6.45) is 5.86. The molecule has 8 nitrogen and oxygen atoms in total. The summed E-state index contributed by atoms with van der Waals surface area (Å²) in [4.78, 5) is 6.32. The summed E-state index contributed by atoms with van der Waals surface area (Å²) in [6.45, 7) is 14.1. The van der Waals surface area contributed by atoms with E-state index < -0.39 is 12.2 Å². The van der Waals surface area contributed by atoms with Crippen LogP contribution in [0.2, 0.25) is 0 Å². The van der Waals surface area contributed by atoms with Gasteiger partial charge in [0.2, 0.25) is 0 Å². The molecule has 0 saturated heterocycles. The average molecular weight is 585 g/mol. The zero-order chi connectivity index (χ0) is 30.0. The lowest BCUT2D eigenvalue weighted by atomic mass is 10.1. The van der Waals surface area contributed by atoms with Crippen LogP contribution in [0.4, 0.5) is 0 Å². The highest BCUT2D eigenvalue weighted by Crippen LogP contribution is 2.28. The van der Waals surface area contributed by atoms with Crippen LogP contribution in [0.15, 0.2) is 48.8 Å². The predicted molar refractivity (Wildman–Crippen MR) is 172 cm³/mol. The minimum Gasteiger partial charge on any atom is -0.490 e. The fourth-order valence-electron chi connectivity index (χ4n) is 4.19. The number of aromatic nitrogens is 2. The van der Waals surface area contributed by atoms with Crippen LogP contribution in [0.25, 0.3) is 21.8 Å². The first kappa shape index (κ1) is 32.8. The number of nitrogens with one attached hydrogen (secondary N) is 4. The van der Waals surface area contributed by atoms with Crippen molar-refractivity contribution in [3.8, 4) is 11.5 Å². The van der Waals surface area contributed by atoms with Gasteiger partial charge in [-0.25, -0.2) is 0 Å². The Hall–Kier alpha value is -2.69. The molecule has 2 aromatic heterocycles. The number of aliphatic hydroxyl groups is 2. The van der Waals surface area contributed by atoms with Crippen LogP contribution in [0.5, 0.6) is 11.5 Å². The molecule has 2 heterocycles. The van der Waals surface area contributed by atoms with Crippen molar-refractivity contribution in [2.45, 2.75) is 71.1 Å². The molecule has 0 aliphatic heterocycles. The van der Waals surface area contributed by atoms with Gasteiger partial charge in [-0.3, -0.25) is 0 Å². The molecule has 226 valence electrons. The van der Waals surface area contributed by atoms with Gasteiger partial charge in [-0.15, -0.1) is 11.8 Å². The van der Waals surface area contributed by atoms with E-state index in [1.165, 1.54) is 0 Å². The molecule has 0 amide bonds. The van der Waals surface area contributed by atoms with Crippen LogP contribution in [0, 0.1) is 13.8 Å². The van der Waals surface area contributed by atoms with E-state index in [1.54, 1.807) is 11.8 Å². The number of hydrogen-bond donors (Lipinski definition) is 6. The van der Waals surface area contributed by atoms with E-state index in [1.807, 2.05) is 56.8 Å². The number of ether oxygens (including phenoxy) is 2. The van der Waals surface area contributed by atoms with Gasteiger partial charge < -0.3 is 40.3 Å². The van der Waals surface area contributed by atoms with Gasteiger partial charge in [0.15, 0.2) is 0 Å². The van der Waals surface area contributed by atoms with E-state index in [0.717, 1.165) is 50.9 Å². The van der Waals surface area contributed by atoms with Crippen LogP contribution in [0.1, 0.15) is 45.2 Å². The molecule has 0 fully saturated rings. The van der Waals surface area contributed by atoms with Gasteiger partial charge in [0.25, 0.3) is 0 Å². The summed E-state index contributed by atoms with van der Waals surface area (Å²) in [6, 6.07) is 12.6. The first-order valence-electron chi connectivity index (χ1n) is 14.3. The normalized spacial score (nSPS) is 14.0. The number of benzene rings is 2. The highest BCUT2D eigenvalue weighted by molar-refractivity contribution is 7.99. The zero-order valence-electron chi connectivity index (χ0n) is 25.5. The molecule has 0 bridgehead atoms. The molecular weight excluding hydrogens is 536 g/mol. The Morgan fingerprint density at radius 2 is 1.34 bits per heavy atom. The average Bonchev–Trinajstić information content (AvgIpc) is 3.62. The summed E-state index contributed by atoms with van der Waals surface area (Å²) >= 11 is 1.72. The van der Waals surface area contributed by atoms with Crippen molar-refractivity contribution in [3.63, 3.8) is 0 Å². The molecular formula is C32H48N4O4S. The van der Waals surface area contributed by atoms with Crippen LogP contribution in [-0.4, -0.2) is 75.9 Å². The zero-order valence-corrected chi connectivity index (χ0v) is 26.3. The molecule has 3 unspecified atom stereocenters. The summed E-state index contributed by atoms with van der Waals surface area (Å²) in [5, 5.41) is 28.7. The summed E-state index contributed by atoms with van der Waals surface area (Å²) in [5.74, 6) is 1.64. The first-order valence-corrected chi connectivity index (χ1v) is 15.5. The maximum absolute atomic E-state index is 10.1. The maximum atomic E-state index is 10.1. The molecule has 0 aliphatic carbocycles. The molecule has 9 heteroatoms. The van der Waals surface area contributed by atoms with Crippen LogP contribution in [0.3, 0.4) is 0 Å². The third kappa shape index (κ3) is 10.3. The van der Waals surface area contributed by atoms with Crippen molar-refractivity contribution in [1.82, 2.24) is 20.6 Å². The monoisotopic (exact) mass is 584 g/mol. The molecule has 0 saturated carbocycles. The Bertz CT molecular complexity index is 1350. The highest BCUT2D eigenvalue weighted by Gasteiger charge is 2.17. The fraction of sp³-hybridized carbons (Fsp3) is 0.500. The number of aliphatic hydroxyl groups excluding tert-OH is 2. The standard InChI is InChI=1S/C16H24N2O2S.C16H24N2O2/c1-11-7-14-13(5-6-17-14)15(8-11)20-10-12(19)9-18-16(2,3)21-4;1-4-12(3)18-9-13(19)10-20-16-8-11(2)7-15-14(16)5-6-17-15/h5-8,12,17-19H,9-10H2,1-4H3;5-8,12-13,17-19H,4,9-10H2,1-3H3. The number of hydrogen-bond acceptors (Lipinski definition) is 7. The number of aromatic amines is 2. The second kappa shape index (κ2) is 15.5. The van der Waals surface area contributed by atoms with Crippen molar-refractivity contribution >= 4 is 33.6 Å². The molecule has 6 N–H and O–H groups in total. The Morgan fingerprint density at radius 1 is 0.854 bits per heavy atom. The highest BCUT2D eigenvalue weighted by atomic mass is 32.2. The smallest absolute Gasteiger partial charge is 0.129 e. The van der Waals surface area contributed by atoms with Crippen molar-refractivity contribution < 1.29 is 19.7 Å². The minimum atomic E-state index is -0.536. The summed E-state index contributed by atoms with van der Waals surface area (Å²) < 4.78 is 11.6. The lowest BCUT2D eigenvalue weighted by molar-refractivity contribution is 0.104. The van der Waals surface area contributed by atoms with E-state index in [0.29, 0.717) is 25.7 Å². The third-order valence-corrected chi connectivity index (χ3v) is 8.17. The van der Waals surface area contributed by atoms with Crippen LogP contribution >= 0.6 is 11.8 Å². The molecule has 3 atom stereocenters. The number of thioether (sulfide) groups is 1. The lowest BCUT2D eigenvalue weighted by Gasteiger charge is -2.25. The molecule has 0 aliphatic rings. The minimum absolute atomic E-state index is 0.0434. The lowest BCUT2D eigenvalue weighted by Crippen LogP contribution is -2.42. The van der Waals surface area contributed by atoms with Crippen molar-refractivity contribution in [2.75, 3.05) is 32.6 Å². The molecule has 4 aromatic rings. The first-order chi connectivity index (χ1) is 19.5. The van der Waals surface area contributed by atoms with Gasteiger partial charge in [-0.05, 0) is 94.8 Å². The van der Waals surface area contributed by atoms with E-state index in [9.17, 15) is 10.2 Å². The van der Waals surface area contributed by atoms with Gasteiger partial charge in [0.1, 0.15) is 36.9 Å². The van der Waals surface area contributed by atoms with E-state index in [-0.39, 0.29) is 11.5 Å². The van der Waals surface area contributed by atoms with Crippen molar-refractivity contribution in [2.24, 2.45) is 0 Å². The Kier molecular flexibility index (Phi) is 12.4. The van der Waals surface area contributed by atoms with E-state index in [2.05, 4.69) is 60.4 Å². The summed E-state index contributed by atoms with van der Waals surface area (Å²) in [7, 11) is 0.